The predicted molar refractivity (Wildman–Crippen MR) is 218 cm³/mol. The molecule has 2 aliphatic rings. The highest BCUT2D eigenvalue weighted by molar-refractivity contribution is 5.85. The lowest BCUT2D eigenvalue weighted by Crippen LogP contribution is -2.35. The molecule has 1 atom stereocenters. The fourth-order valence-electron chi connectivity index (χ4n) is 9.51. The number of benzene rings is 6. The van der Waals surface area contributed by atoms with Crippen molar-refractivity contribution in [3.05, 3.63) is 177 Å². The van der Waals surface area contributed by atoms with Crippen LogP contribution in [0.15, 0.2) is 121 Å². The minimum atomic E-state index is -0.448. The van der Waals surface area contributed by atoms with Gasteiger partial charge in [0.1, 0.15) is 11.5 Å². The molecule has 53 heavy (non-hydrogen) atoms. The Morgan fingerprint density at radius 2 is 0.943 bits per heavy atom. The highest BCUT2D eigenvalue weighted by atomic mass is 16.3. The van der Waals surface area contributed by atoms with Gasteiger partial charge in [0.2, 0.25) is 0 Å². The Balaban J connectivity index is 0.971. The SMILES string of the molecule is Cc1cc(CC(C)NCCN(C)Cc2cc(C)cc(C3(C)c4ccccc4-c4ccccc43)c2O)c(O)c(C2(C)c3ccccc3-c3ccccc32)c1. The van der Waals surface area contributed by atoms with Crippen molar-refractivity contribution in [3.8, 4) is 33.8 Å². The van der Waals surface area contributed by atoms with Crippen LogP contribution in [-0.2, 0) is 23.8 Å². The predicted octanol–water partition coefficient (Wildman–Crippen LogP) is 10.0. The van der Waals surface area contributed by atoms with E-state index in [1.165, 1.54) is 44.5 Å². The van der Waals surface area contributed by atoms with Crippen molar-refractivity contribution in [3.63, 3.8) is 0 Å². The van der Waals surface area contributed by atoms with Gasteiger partial charge in [-0.05, 0) is 98.2 Å². The second-order valence-electron chi connectivity index (χ2n) is 15.9. The van der Waals surface area contributed by atoms with Gasteiger partial charge >= 0.3 is 0 Å². The number of aryl methyl sites for hydroxylation is 2. The first-order valence-electron chi connectivity index (χ1n) is 19.0. The van der Waals surface area contributed by atoms with E-state index in [0.29, 0.717) is 24.5 Å². The summed E-state index contributed by atoms with van der Waals surface area (Å²) in [4.78, 5) is 2.27. The van der Waals surface area contributed by atoms with Gasteiger partial charge in [-0.2, -0.15) is 0 Å². The topological polar surface area (TPSA) is 55.7 Å². The molecule has 0 saturated heterocycles. The summed E-state index contributed by atoms with van der Waals surface area (Å²) in [7, 11) is 2.12. The zero-order valence-electron chi connectivity index (χ0n) is 31.8. The van der Waals surface area contributed by atoms with Crippen molar-refractivity contribution >= 4 is 0 Å². The molecule has 6 aromatic carbocycles. The van der Waals surface area contributed by atoms with Crippen molar-refractivity contribution in [2.75, 3.05) is 20.1 Å². The average Bonchev–Trinajstić information content (AvgIpc) is 3.58. The number of likely N-dealkylation sites (N-methyl/N-ethyl adjacent to an activating group) is 1. The Labute approximate surface area is 314 Å². The van der Waals surface area contributed by atoms with E-state index in [1.807, 2.05) is 0 Å². The fraction of sp³-hybridized carbons (Fsp3) is 0.265. The van der Waals surface area contributed by atoms with Gasteiger partial charge in [0, 0.05) is 53.2 Å². The molecule has 3 N–H and O–H groups in total. The molecule has 0 aromatic heterocycles. The summed E-state index contributed by atoms with van der Waals surface area (Å²) < 4.78 is 0. The number of phenols is 2. The molecule has 0 bridgehead atoms. The minimum absolute atomic E-state index is 0.154. The number of fused-ring (bicyclic) bond motifs is 6. The Hall–Kier alpha value is -5.16. The molecule has 268 valence electrons. The zero-order valence-corrected chi connectivity index (χ0v) is 31.8. The number of nitrogens with one attached hydrogen (secondary N) is 1. The van der Waals surface area contributed by atoms with E-state index < -0.39 is 10.8 Å². The van der Waals surface area contributed by atoms with Gasteiger partial charge in [-0.15, -0.1) is 0 Å². The van der Waals surface area contributed by atoms with E-state index in [0.717, 1.165) is 46.5 Å². The number of hydrogen-bond donors (Lipinski definition) is 3. The first-order valence-corrected chi connectivity index (χ1v) is 19.0. The van der Waals surface area contributed by atoms with Crippen molar-refractivity contribution in [1.82, 2.24) is 10.2 Å². The first-order chi connectivity index (χ1) is 25.5. The molecular formula is C49H50N2O2. The van der Waals surface area contributed by atoms with Gasteiger partial charge in [-0.25, -0.2) is 0 Å². The number of hydrogen-bond acceptors (Lipinski definition) is 4. The molecule has 0 saturated carbocycles. The second kappa shape index (κ2) is 13.4. The molecule has 6 aromatic rings. The van der Waals surface area contributed by atoms with Crippen LogP contribution in [0.1, 0.15) is 76.4 Å². The van der Waals surface area contributed by atoms with Crippen LogP contribution in [0.2, 0.25) is 0 Å². The van der Waals surface area contributed by atoms with Crippen LogP contribution in [0, 0.1) is 13.8 Å². The number of nitrogens with zero attached hydrogens (tertiary/aromatic N) is 1. The quantitative estimate of drug-likeness (QED) is 0.133. The van der Waals surface area contributed by atoms with Gasteiger partial charge in [-0.3, -0.25) is 0 Å². The van der Waals surface area contributed by atoms with Crippen molar-refractivity contribution in [2.24, 2.45) is 0 Å². The van der Waals surface area contributed by atoms with Crippen LogP contribution >= 0.6 is 0 Å². The fourth-order valence-corrected chi connectivity index (χ4v) is 9.51. The molecule has 0 spiro atoms. The van der Waals surface area contributed by atoms with Crippen LogP contribution in [0.4, 0.5) is 0 Å². The highest BCUT2D eigenvalue weighted by Gasteiger charge is 2.44. The Bertz CT molecular complexity index is 2100. The molecule has 0 amide bonds. The molecule has 0 aliphatic heterocycles. The van der Waals surface area contributed by atoms with Gasteiger partial charge < -0.3 is 20.4 Å². The summed E-state index contributed by atoms with van der Waals surface area (Å²) in [5.74, 6) is 0.770. The average molecular weight is 699 g/mol. The van der Waals surface area contributed by atoms with E-state index in [1.54, 1.807) is 0 Å². The van der Waals surface area contributed by atoms with E-state index >= 15 is 0 Å². The maximum atomic E-state index is 11.9. The van der Waals surface area contributed by atoms with E-state index in [-0.39, 0.29) is 6.04 Å². The third-order valence-corrected chi connectivity index (χ3v) is 12.1. The minimum Gasteiger partial charge on any atom is -0.507 e. The number of rotatable bonds is 10. The first kappa shape index (κ1) is 34.9. The zero-order chi connectivity index (χ0) is 37.1. The molecule has 0 fully saturated rings. The normalized spacial score (nSPS) is 15.2. The van der Waals surface area contributed by atoms with E-state index in [9.17, 15) is 10.2 Å². The third kappa shape index (κ3) is 5.67. The van der Waals surface area contributed by atoms with Gasteiger partial charge in [0.15, 0.2) is 0 Å². The smallest absolute Gasteiger partial charge is 0.124 e. The van der Waals surface area contributed by atoms with Crippen molar-refractivity contribution < 1.29 is 10.2 Å². The highest BCUT2D eigenvalue weighted by Crippen LogP contribution is 2.56. The summed E-state index contributed by atoms with van der Waals surface area (Å²) in [5.41, 5.74) is 15.1. The van der Waals surface area contributed by atoms with Crippen molar-refractivity contribution in [2.45, 2.75) is 64.5 Å². The Morgan fingerprint density at radius 3 is 1.38 bits per heavy atom. The van der Waals surface area contributed by atoms with Crippen LogP contribution in [0.25, 0.3) is 22.3 Å². The lowest BCUT2D eigenvalue weighted by molar-refractivity contribution is 0.311. The maximum Gasteiger partial charge on any atom is 0.124 e. The Kier molecular flexibility index (Phi) is 8.80. The van der Waals surface area contributed by atoms with Crippen LogP contribution < -0.4 is 5.32 Å². The van der Waals surface area contributed by atoms with Crippen LogP contribution in [0.5, 0.6) is 11.5 Å². The lowest BCUT2D eigenvalue weighted by atomic mass is 9.72. The Morgan fingerprint density at radius 1 is 0.566 bits per heavy atom. The summed E-state index contributed by atoms with van der Waals surface area (Å²) >= 11 is 0. The molecule has 8 rings (SSSR count). The van der Waals surface area contributed by atoms with Crippen LogP contribution in [-0.4, -0.2) is 41.3 Å². The summed E-state index contributed by atoms with van der Waals surface area (Å²) in [6, 6.07) is 43.2. The molecule has 0 heterocycles. The van der Waals surface area contributed by atoms with Gasteiger partial charge in [0.05, 0.1) is 0 Å². The van der Waals surface area contributed by atoms with E-state index in [4.69, 9.17) is 0 Å². The summed E-state index contributed by atoms with van der Waals surface area (Å²) in [5, 5.41) is 27.6. The molecule has 0 radical (unpaired) electrons. The number of phenolic OH excluding ortho intramolecular Hbond substituents is 2. The molecule has 2 aliphatic carbocycles. The molecule has 4 nitrogen and oxygen atoms in total. The van der Waals surface area contributed by atoms with Crippen LogP contribution in [0.3, 0.4) is 0 Å². The maximum absolute atomic E-state index is 11.9. The monoisotopic (exact) mass is 698 g/mol. The number of aromatic hydroxyl groups is 2. The molecular weight excluding hydrogens is 649 g/mol. The second-order valence-corrected chi connectivity index (χ2v) is 15.9. The molecule has 1 unspecified atom stereocenters. The largest absolute Gasteiger partial charge is 0.507 e. The van der Waals surface area contributed by atoms with Gasteiger partial charge in [-0.1, -0.05) is 132 Å². The van der Waals surface area contributed by atoms with Crippen molar-refractivity contribution in [1.29, 1.82) is 0 Å². The van der Waals surface area contributed by atoms with E-state index in [2.05, 4.69) is 173 Å². The standard InChI is InChI=1S/C49H50N2O2/c1-31-25-34(46(52)44(27-31)48(4)40-19-11-7-15-36(40)37-16-8-12-20-41(37)48)29-33(3)50-23-24-51(6)30-35-26-32(2)28-45(47(35)53)49(5)42-21-13-9-17-38(42)39-18-10-14-22-43(39)49/h7-22,25-28,33,50,52-53H,23-24,29-30H2,1-6H3. The summed E-state index contributed by atoms with van der Waals surface area (Å²) in [6.45, 7) is 13.2. The molecule has 4 heteroatoms. The lowest BCUT2D eigenvalue weighted by Gasteiger charge is -2.31. The summed E-state index contributed by atoms with van der Waals surface area (Å²) in [6.07, 6.45) is 0.715. The van der Waals surface area contributed by atoms with Gasteiger partial charge in [0.25, 0.3) is 0 Å². The third-order valence-electron chi connectivity index (χ3n) is 12.1.